The van der Waals surface area contributed by atoms with E-state index in [1.165, 1.54) is 0 Å². The van der Waals surface area contributed by atoms with Crippen molar-refractivity contribution in [3.8, 4) is 0 Å². The zero-order valence-electron chi connectivity index (χ0n) is 12.0. The number of likely N-dealkylation sites (tertiary alicyclic amines) is 1. The molecule has 0 aliphatic carbocycles. The van der Waals surface area contributed by atoms with Gasteiger partial charge in [-0.15, -0.1) is 0 Å². The van der Waals surface area contributed by atoms with Crippen LogP contribution in [0, 0.1) is 0 Å². The number of amides is 1. The molecule has 0 saturated carbocycles. The van der Waals surface area contributed by atoms with Crippen molar-refractivity contribution in [3.63, 3.8) is 0 Å². The summed E-state index contributed by atoms with van der Waals surface area (Å²) in [5.74, 6) is 0.735. The maximum absolute atomic E-state index is 12.0. The molecule has 5 heteroatoms. The zero-order chi connectivity index (χ0) is 14.4. The molecule has 2 N–H and O–H groups in total. The van der Waals surface area contributed by atoms with Crippen molar-refractivity contribution in [2.24, 2.45) is 0 Å². The van der Waals surface area contributed by atoms with Gasteiger partial charge in [-0.25, -0.2) is 0 Å². The van der Waals surface area contributed by atoms with Crippen molar-refractivity contribution >= 4 is 5.91 Å². The number of carbonyl (C=O) groups excluding carboxylic acids is 1. The average Bonchev–Trinajstić information content (AvgIpc) is 2.98. The Kier molecular flexibility index (Phi) is 5.61. The number of furan rings is 1. The monoisotopic (exact) mass is 280 g/mol. The van der Waals surface area contributed by atoms with Crippen LogP contribution in [0.25, 0.3) is 0 Å². The largest absolute Gasteiger partial charge is 0.467 e. The summed E-state index contributed by atoms with van der Waals surface area (Å²) in [5.41, 5.74) is 0. The van der Waals surface area contributed by atoms with Crippen molar-refractivity contribution < 1.29 is 14.3 Å². The second-order valence-corrected chi connectivity index (χ2v) is 5.37. The molecule has 1 saturated heterocycles. The van der Waals surface area contributed by atoms with E-state index < -0.39 is 0 Å². The van der Waals surface area contributed by atoms with Gasteiger partial charge in [0.25, 0.3) is 0 Å². The van der Waals surface area contributed by atoms with Crippen LogP contribution in [0.3, 0.4) is 0 Å². The number of piperidine rings is 1. The molecule has 1 aliphatic rings. The van der Waals surface area contributed by atoms with Gasteiger partial charge in [0.2, 0.25) is 5.91 Å². The number of hydrogen-bond acceptors (Lipinski definition) is 4. The molecule has 0 bridgehead atoms. The first-order valence-electron chi connectivity index (χ1n) is 7.42. The summed E-state index contributed by atoms with van der Waals surface area (Å²) >= 11 is 0. The highest BCUT2D eigenvalue weighted by Crippen LogP contribution is 2.20. The second kappa shape index (κ2) is 7.45. The van der Waals surface area contributed by atoms with Crippen molar-refractivity contribution in [3.05, 3.63) is 24.2 Å². The minimum Gasteiger partial charge on any atom is -0.467 e. The fourth-order valence-electron chi connectivity index (χ4n) is 2.76. The summed E-state index contributed by atoms with van der Waals surface area (Å²) in [5, 5.41) is 12.9. The summed E-state index contributed by atoms with van der Waals surface area (Å²) in [6.07, 6.45) is 5.19. The Bertz CT molecular complexity index is 405. The maximum atomic E-state index is 12.0. The van der Waals surface area contributed by atoms with Crippen LogP contribution < -0.4 is 5.32 Å². The molecular formula is C15H24N2O3. The first-order chi connectivity index (χ1) is 9.70. The van der Waals surface area contributed by atoms with Crippen LogP contribution in [-0.2, 0) is 11.3 Å². The summed E-state index contributed by atoms with van der Waals surface area (Å²) in [7, 11) is 0. The predicted molar refractivity (Wildman–Crippen MR) is 76.1 cm³/mol. The lowest BCUT2D eigenvalue weighted by Crippen LogP contribution is -2.50. The third kappa shape index (κ3) is 4.08. The predicted octanol–water partition coefficient (Wildman–Crippen LogP) is 1.52. The molecule has 2 heterocycles. The fourth-order valence-corrected chi connectivity index (χ4v) is 2.76. The Morgan fingerprint density at radius 1 is 1.60 bits per heavy atom. The standard InChI is InChI=1S/C15H24N2O3/c1-2-14(18)13-7-3-4-8-17(13)11-15(19)16-10-12-6-5-9-20-12/h5-6,9,13-14,18H,2-4,7-8,10-11H2,1H3,(H,16,19). The van der Waals surface area contributed by atoms with E-state index in [-0.39, 0.29) is 18.1 Å². The molecule has 2 atom stereocenters. The zero-order valence-corrected chi connectivity index (χ0v) is 12.0. The van der Waals surface area contributed by atoms with Gasteiger partial charge >= 0.3 is 0 Å². The Morgan fingerprint density at radius 3 is 3.15 bits per heavy atom. The number of carbonyl (C=O) groups is 1. The fraction of sp³-hybridized carbons (Fsp3) is 0.667. The van der Waals surface area contributed by atoms with E-state index in [9.17, 15) is 9.90 Å². The highest BCUT2D eigenvalue weighted by molar-refractivity contribution is 5.78. The van der Waals surface area contributed by atoms with Gasteiger partial charge in [-0.3, -0.25) is 9.69 Å². The van der Waals surface area contributed by atoms with Gasteiger partial charge < -0.3 is 14.8 Å². The van der Waals surface area contributed by atoms with Crippen LogP contribution >= 0.6 is 0 Å². The number of rotatable bonds is 6. The second-order valence-electron chi connectivity index (χ2n) is 5.37. The molecule has 1 fully saturated rings. The van der Waals surface area contributed by atoms with Crippen molar-refractivity contribution in [1.82, 2.24) is 10.2 Å². The first kappa shape index (κ1) is 15.1. The number of nitrogens with zero attached hydrogens (tertiary/aromatic N) is 1. The molecule has 20 heavy (non-hydrogen) atoms. The van der Waals surface area contributed by atoms with Gasteiger partial charge in [0.05, 0.1) is 25.5 Å². The molecule has 1 aliphatic heterocycles. The van der Waals surface area contributed by atoms with Gasteiger partial charge in [-0.2, -0.15) is 0 Å². The van der Waals surface area contributed by atoms with Gasteiger partial charge in [0.15, 0.2) is 0 Å². The third-order valence-corrected chi connectivity index (χ3v) is 3.91. The SMILES string of the molecule is CCC(O)C1CCCCN1CC(=O)NCc1ccco1. The molecule has 1 amide bonds. The minimum absolute atomic E-state index is 0.0170. The molecule has 0 spiro atoms. The summed E-state index contributed by atoms with van der Waals surface area (Å²) < 4.78 is 5.18. The summed E-state index contributed by atoms with van der Waals surface area (Å²) in [6, 6.07) is 3.76. The van der Waals surface area contributed by atoms with E-state index in [4.69, 9.17) is 4.42 Å². The molecule has 0 aromatic carbocycles. The molecule has 1 aromatic rings. The van der Waals surface area contributed by atoms with E-state index in [1.807, 2.05) is 13.0 Å². The lowest BCUT2D eigenvalue weighted by molar-refractivity contribution is -0.124. The molecule has 1 aromatic heterocycles. The van der Waals surface area contributed by atoms with Crippen LogP contribution in [-0.4, -0.2) is 41.1 Å². The quantitative estimate of drug-likeness (QED) is 0.829. The molecule has 5 nitrogen and oxygen atoms in total. The molecular weight excluding hydrogens is 256 g/mol. The smallest absolute Gasteiger partial charge is 0.234 e. The molecule has 112 valence electrons. The highest BCUT2D eigenvalue weighted by Gasteiger charge is 2.28. The van der Waals surface area contributed by atoms with E-state index in [2.05, 4.69) is 10.2 Å². The van der Waals surface area contributed by atoms with E-state index in [1.54, 1.807) is 12.3 Å². The lowest BCUT2D eigenvalue weighted by Gasteiger charge is -2.37. The topological polar surface area (TPSA) is 65.7 Å². The van der Waals surface area contributed by atoms with Gasteiger partial charge in [0, 0.05) is 6.04 Å². The summed E-state index contributed by atoms with van der Waals surface area (Å²) in [6.45, 7) is 3.63. The average molecular weight is 280 g/mol. The van der Waals surface area contributed by atoms with Crippen LogP contribution in [0.15, 0.2) is 22.8 Å². The van der Waals surface area contributed by atoms with E-state index in [0.717, 1.165) is 38.0 Å². The number of aliphatic hydroxyl groups excluding tert-OH is 1. The number of hydrogen-bond donors (Lipinski definition) is 2. The molecule has 0 radical (unpaired) electrons. The van der Waals surface area contributed by atoms with Gasteiger partial charge in [-0.05, 0) is 37.9 Å². The highest BCUT2D eigenvalue weighted by atomic mass is 16.3. The van der Waals surface area contributed by atoms with Crippen LogP contribution in [0.2, 0.25) is 0 Å². The van der Waals surface area contributed by atoms with E-state index in [0.29, 0.717) is 13.1 Å². The number of nitrogens with one attached hydrogen (secondary N) is 1. The maximum Gasteiger partial charge on any atom is 0.234 e. The van der Waals surface area contributed by atoms with Crippen molar-refractivity contribution in [2.45, 2.75) is 51.3 Å². The van der Waals surface area contributed by atoms with Crippen molar-refractivity contribution in [2.75, 3.05) is 13.1 Å². The van der Waals surface area contributed by atoms with Crippen LogP contribution in [0.1, 0.15) is 38.4 Å². The van der Waals surface area contributed by atoms with Gasteiger partial charge in [0.1, 0.15) is 5.76 Å². The van der Waals surface area contributed by atoms with E-state index >= 15 is 0 Å². The van der Waals surface area contributed by atoms with Crippen molar-refractivity contribution in [1.29, 1.82) is 0 Å². The Balaban J connectivity index is 1.81. The summed E-state index contributed by atoms with van der Waals surface area (Å²) in [4.78, 5) is 14.1. The number of aliphatic hydroxyl groups is 1. The third-order valence-electron chi connectivity index (χ3n) is 3.91. The van der Waals surface area contributed by atoms with Gasteiger partial charge in [-0.1, -0.05) is 13.3 Å². The van der Waals surface area contributed by atoms with Crippen LogP contribution in [0.4, 0.5) is 0 Å². The lowest BCUT2D eigenvalue weighted by atomic mass is 9.96. The Hall–Kier alpha value is -1.33. The normalized spacial score (nSPS) is 21.6. The first-order valence-corrected chi connectivity index (χ1v) is 7.42. The minimum atomic E-state index is -0.340. The van der Waals surface area contributed by atoms with Crippen LogP contribution in [0.5, 0.6) is 0 Å². The molecule has 2 rings (SSSR count). The molecule has 2 unspecified atom stereocenters. The Morgan fingerprint density at radius 2 is 2.45 bits per heavy atom. The Labute approximate surface area is 119 Å².